The predicted molar refractivity (Wildman–Crippen MR) is 76.6 cm³/mol. The van der Waals surface area contributed by atoms with Crippen LogP contribution in [0.3, 0.4) is 0 Å². The molecule has 0 saturated heterocycles. The van der Waals surface area contributed by atoms with Gasteiger partial charge in [0, 0.05) is 30.2 Å². The van der Waals surface area contributed by atoms with Gasteiger partial charge in [-0.25, -0.2) is 0 Å². The Bertz CT molecular complexity index is 595. The minimum absolute atomic E-state index is 0.393. The molecule has 3 rings (SSSR count). The molecular formula is C14H17ClN4O. The number of hydrogen-bond donors (Lipinski definition) is 1. The summed E-state index contributed by atoms with van der Waals surface area (Å²) in [6.45, 7) is 1.13. The smallest absolute Gasteiger partial charge is 0.134 e. The first-order valence-electron chi connectivity index (χ1n) is 6.71. The van der Waals surface area contributed by atoms with E-state index in [0.717, 1.165) is 28.6 Å². The van der Waals surface area contributed by atoms with E-state index in [-0.39, 0.29) is 0 Å². The first kappa shape index (κ1) is 13.4. The van der Waals surface area contributed by atoms with E-state index in [2.05, 4.69) is 15.6 Å². The molecule has 1 aliphatic carbocycles. The summed E-state index contributed by atoms with van der Waals surface area (Å²) in [5.41, 5.74) is 1.80. The number of halogens is 1. The van der Waals surface area contributed by atoms with Crippen LogP contribution < -0.4 is 10.1 Å². The second kappa shape index (κ2) is 5.81. The number of benzene rings is 1. The van der Waals surface area contributed by atoms with Crippen LogP contribution in [0.25, 0.3) is 0 Å². The highest BCUT2D eigenvalue weighted by atomic mass is 35.5. The number of hydrogen-bond acceptors (Lipinski definition) is 4. The van der Waals surface area contributed by atoms with Crippen LogP contribution in [-0.4, -0.2) is 21.0 Å². The molecule has 0 unspecified atom stereocenters. The molecule has 1 aliphatic rings. The van der Waals surface area contributed by atoms with Gasteiger partial charge in [0.1, 0.15) is 18.1 Å². The van der Waals surface area contributed by atoms with Gasteiger partial charge in [-0.3, -0.25) is 4.68 Å². The zero-order valence-electron chi connectivity index (χ0n) is 11.3. The quantitative estimate of drug-likeness (QED) is 0.887. The maximum absolute atomic E-state index is 6.27. The van der Waals surface area contributed by atoms with E-state index in [1.54, 1.807) is 4.68 Å². The molecule has 0 aliphatic heterocycles. The van der Waals surface area contributed by atoms with Crippen molar-refractivity contribution in [2.45, 2.75) is 32.0 Å². The van der Waals surface area contributed by atoms with Crippen molar-refractivity contribution in [1.29, 1.82) is 0 Å². The minimum Gasteiger partial charge on any atom is -0.487 e. The Kier molecular flexibility index (Phi) is 3.89. The van der Waals surface area contributed by atoms with Gasteiger partial charge < -0.3 is 10.1 Å². The largest absolute Gasteiger partial charge is 0.487 e. The molecule has 1 N–H and O–H groups in total. The molecule has 106 valence electrons. The SMILES string of the molecule is Cn1cc(COc2cccc(Cl)c2CNC2CC2)nn1. The van der Waals surface area contributed by atoms with Gasteiger partial charge in [0.2, 0.25) is 0 Å². The van der Waals surface area contributed by atoms with E-state index in [1.807, 2.05) is 31.4 Å². The molecule has 2 aromatic rings. The van der Waals surface area contributed by atoms with Crippen LogP contribution >= 0.6 is 11.6 Å². The summed E-state index contributed by atoms with van der Waals surface area (Å²) >= 11 is 6.27. The van der Waals surface area contributed by atoms with Crippen LogP contribution in [0.4, 0.5) is 0 Å². The third kappa shape index (κ3) is 3.29. The molecule has 1 fully saturated rings. The zero-order chi connectivity index (χ0) is 13.9. The maximum atomic E-state index is 6.27. The van der Waals surface area contributed by atoms with E-state index < -0.39 is 0 Å². The lowest BCUT2D eigenvalue weighted by molar-refractivity contribution is 0.297. The second-order valence-electron chi connectivity index (χ2n) is 5.04. The third-order valence-electron chi connectivity index (χ3n) is 3.25. The van der Waals surface area contributed by atoms with Crippen LogP contribution in [0.5, 0.6) is 5.75 Å². The van der Waals surface area contributed by atoms with Gasteiger partial charge in [-0.1, -0.05) is 22.9 Å². The van der Waals surface area contributed by atoms with Crippen LogP contribution in [0.15, 0.2) is 24.4 Å². The Balaban J connectivity index is 1.68. The van der Waals surface area contributed by atoms with Crippen molar-refractivity contribution in [3.05, 3.63) is 40.7 Å². The lowest BCUT2D eigenvalue weighted by Crippen LogP contribution is -2.16. The third-order valence-corrected chi connectivity index (χ3v) is 3.60. The number of aryl methyl sites for hydroxylation is 1. The average Bonchev–Trinajstić information content (AvgIpc) is 3.17. The van der Waals surface area contributed by atoms with Gasteiger partial charge in [0.05, 0.1) is 6.20 Å². The van der Waals surface area contributed by atoms with Gasteiger partial charge in [0.15, 0.2) is 0 Å². The Morgan fingerprint density at radius 3 is 3.00 bits per heavy atom. The van der Waals surface area contributed by atoms with E-state index in [0.29, 0.717) is 12.6 Å². The van der Waals surface area contributed by atoms with Gasteiger partial charge in [-0.05, 0) is 25.0 Å². The van der Waals surface area contributed by atoms with Gasteiger partial charge in [-0.15, -0.1) is 5.10 Å². The maximum Gasteiger partial charge on any atom is 0.134 e. The first-order chi connectivity index (χ1) is 9.72. The van der Waals surface area contributed by atoms with Crippen molar-refractivity contribution >= 4 is 11.6 Å². The highest BCUT2D eigenvalue weighted by Crippen LogP contribution is 2.28. The predicted octanol–water partition coefficient (Wildman–Crippen LogP) is 2.30. The fourth-order valence-electron chi connectivity index (χ4n) is 1.99. The molecule has 5 nitrogen and oxygen atoms in total. The zero-order valence-corrected chi connectivity index (χ0v) is 12.1. The second-order valence-corrected chi connectivity index (χ2v) is 5.45. The van der Waals surface area contributed by atoms with Gasteiger partial charge >= 0.3 is 0 Å². The number of ether oxygens (including phenoxy) is 1. The first-order valence-corrected chi connectivity index (χ1v) is 7.09. The topological polar surface area (TPSA) is 52.0 Å². The summed E-state index contributed by atoms with van der Waals surface area (Å²) in [5, 5.41) is 12.1. The summed E-state index contributed by atoms with van der Waals surface area (Å²) in [6, 6.07) is 6.36. The molecule has 1 saturated carbocycles. The van der Waals surface area contributed by atoms with Crippen LogP contribution in [0.2, 0.25) is 5.02 Å². The highest BCUT2D eigenvalue weighted by molar-refractivity contribution is 6.31. The molecule has 0 spiro atoms. The molecule has 6 heteroatoms. The van der Waals surface area contributed by atoms with E-state index in [1.165, 1.54) is 12.8 Å². The monoisotopic (exact) mass is 292 g/mol. The summed E-state index contributed by atoms with van der Waals surface area (Å²) in [6.07, 6.45) is 4.34. The summed E-state index contributed by atoms with van der Waals surface area (Å²) in [7, 11) is 1.83. The standard InChI is InChI=1S/C14H17ClN4O/c1-19-8-11(17-18-19)9-20-14-4-2-3-13(15)12(14)7-16-10-5-6-10/h2-4,8,10,16H,5-7,9H2,1H3. The van der Waals surface area contributed by atoms with Crippen molar-refractivity contribution in [3.8, 4) is 5.75 Å². The van der Waals surface area contributed by atoms with Gasteiger partial charge in [-0.2, -0.15) is 0 Å². The van der Waals surface area contributed by atoms with Crippen LogP contribution in [-0.2, 0) is 20.2 Å². The fraction of sp³-hybridized carbons (Fsp3) is 0.429. The van der Waals surface area contributed by atoms with Crippen molar-refractivity contribution in [3.63, 3.8) is 0 Å². The van der Waals surface area contributed by atoms with E-state index in [4.69, 9.17) is 16.3 Å². The molecule has 1 aromatic heterocycles. The fourth-order valence-corrected chi connectivity index (χ4v) is 2.23. The Morgan fingerprint density at radius 1 is 1.45 bits per heavy atom. The normalized spacial score (nSPS) is 14.5. The van der Waals surface area contributed by atoms with E-state index in [9.17, 15) is 0 Å². The molecular weight excluding hydrogens is 276 g/mol. The molecule has 1 heterocycles. The van der Waals surface area contributed by atoms with Crippen molar-refractivity contribution in [1.82, 2.24) is 20.3 Å². The summed E-state index contributed by atoms with van der Waals surface area (Å²) < 4.78 is 7.49. The number of aromatic nitrogens is 3. The molecule has 0 amide bonds. The van der Waals surface area contributed by atoms with E-state index >= 15 is 0 Å². The van der Waals surface area contributed by atoms with Crippen LogP contribution in [0.1, 0.15) is 24.1 Å². The molecule has 0 atom stereocenters. The number of rotatable bonds is 6. The molecule has 0 radical (unpaired) electrons. The lowest BCUT2D eigenvalue weighted by atomic mass is 10.2. The summed E-state index contributed by atoms with van der Waals surface area (Å²) in [5.74, 6) is 0.802. The Labute approximate surface area is 122 Å². The number of nitrogens with zero attached hydrogens (tertiary/aromatic N) is 3. The number of nitrogens with one attached hydrogen (secondary N) is 1. The summed E-state index contributed by atoms with van der Waals surface area (Å²) in [4.78, 5) is 0. The van der Waals surface area contributed by atoms with Gasteiger partial charge in [0.25, 0.3) is 0 Å². The van der Waals surface area contributed by atoms with Crippen molar-refractivity contribution < 1.29 is 4.74 Å². The molecule has 20 heavy (non-hydrogen) atoms. The van der Waals surface area contributed by atoms with Crippen LogP contribution in [0, 0.1) is 0 Å². The lowest BCUT2D eigenvalue weighted by Gasteiger charge is -2.12. The minimum atomic E-state index is 0.393. The molecule has 1 aromatic carbocycles. The Morgan fingerprint density at radius 2 is 2.30 bits per heavy atom. The highest BCUT2D eigenvalue weighted by Gasteiger charge is 2.21. The van der Waals surface area contributed by atoms with Crippen molar-refractivity contribution in [2.75, 3.05) is 0 Å². The Hall–Kier alpha value is -1.59. The molecule has 0 bridgehead atoms. The van der Waals surface area contributed by atoms with Crippen molar-refractivity contribution in [2.24, 2.45) is 7.05 Å². The average molecular weight is 293 g/mol.